The van der Waals surface area contributed by atoms with Gasteiger partial charge in [-0.1, -0.05) is 42.5 Å². The summed E-state index contributed by atoms with van der Waals surface area (Å²) >= 11 is 0. The molecule has 0 radical (unpaired) electrons. The monoisotopic (exact) mass is 453 g/mol. The molecular weight excluding hydrogens is 426 g/mol. The first-order valence-electron chi connectivity index (χ1n) is 11.2. The van der Waals surface area contributed by atoms with Gasteiger partial charge in [0.2, 0.25) is 5.91 Å². The Kier molecular flexibility index (Phi) is 7.50. The van der Waals surface area contributed by atoms with Crippen molar-refractivity contribution in [1.82, 2.24) is 9.97 Å². The zero-order chi connectivity index (χ0) is 23.8. The van der Waals surface area contributed by atoms with Gasteiger partial charge in [0.1, 0.15) is 11.5 Å². The van der Waals surface area contributed by atoms with Gasteiger partial charge in [0, 0.05) is 12.0 Å². The lowest BCUT2D eigenvalue weighted by molar-refractivity contribution is -0.115. The second-order valence-corrected chi connectivity index (χ2v) is 7.74. The maximum absolute atomic E-state index is 12.8. The Morgan fingerprint density at radius 3 is 2.26 bits per heavy atom. The number of hydrogen-bond acceptors (Lipinski definition) is 5. The average molecular weight is 454 g/mol. The SMILES string of the molecule is CCOc1ccc(-c2cnc(NC(=O)Cc3ccc(OC)cc3)c(Cc3ccccc3)n2)cc1. The quantitative estimate of drug-likeness (QED) is 0.371. The van der Waals surface area contributed by atoms with E-state index in [2.05, 4.69) is 10.3 Å². The van der Waals surface area contributed by atoms with Crippen LogP contribution in [0.25, 0.3) is 11.3 Å². The van der Waals surface area contributed by atoms with Crippen LogP contribution in [0.4, 0.5) is 5.82 Å². The van der Waals surface area contributed by atoms with E-state index in [0.717, 1.165) is 33.9 Å². The van der Waals surface area contributed by atoms with Crippen molar-refractivity contribution >= 4 is 11.7 Å². The van der Waals surface area contributed by atoms with Crippen LogP contribution in [-0.2, 0) is 17.6 Å². The van der Waals surface area contributed by atoms with Crippen LogP contribution in [0.1, 0.15) is 23.7 Å². The topological polar surface area (TPSA) is 73.3 Å². The van der Waals surface area contributed by atoms with E-state index in [1.165, 1.54) is 0 Å². The van der Waals surface area contributed by atoms with Crippen LogP contribution in [0.5, 0.6) is 11.5 Å². The van der Waals surface area contributed by atoms with Gasteiger partial charge in [-0.25, -0.2) is 9.97 Å². The smallest absolute Gasteiger partial charge is 0.229 e. The number of nitrogens with zero attached hydrogens (tertiary/aromatic N) is 2. The molecule has 3 aromatic carbocycles. The van der Waals surface area contributed by atoms with Crippen molar-refractivity contribution in [3.8, 4) is 22.8 Å². The molecule has 1 aromatic heterocycles. The molecule has 0 spiro atoms. The van der Waals surface area contributed by atoms with Crippen LogP contribution in [0.2, 0.25) is 0 Å². The molecule has 0 aliphatic carbocycles. The largest absolute Gasteiger partial charge is 0.497 e. The number of carbonyl (C=O) groups excluding carboxylic acids is 1. The molecule has 0 unspecified atom stereocenters. The van der Waals surface area contributed by atoms with Crippen molar-refractivity contribution in [2.24, 2.45) is 0 Å². The van der Waals surface area contributed by atoms with Crippen LogP contribution >= 0.6 is 0 Å². The van der Waals surface area contributed by atoms with E-state index in [1.807, 2.05) is 85.8 Å². The Morgan fingerprint density at radius 2 is 1.59 bits per heavy atom. The van der Waals surface area contributed by atoms with Gasteiger partial charge in [0.05, 0.1) is 37.7 Å². The van der Waals surface area contributed by atoms with E-state index in [0.29, 0.717) is 24.5 Å². The minimum absolute atomic E-state index is 0.150. The second-order valence-electron chi connectivity index (χ2n) is 7.74. The number of methoxy groups -OCH3 is 1. The number of aromatic nitrogens is 2. The van der Waals surface area contributed by atoms with Crippen molar-refractivity contribution in [2.75, 3.05) is 19.0 Å². The van der Waals surface area contributed by atoms with Crippen LogP contribution in [0, 0.1) is 0 Å². The number of rotatable bonds is 9. The third kappa shape index (κ3) is 5.98. The Morgan fingerprint density at radius 1 is 0.882 bits per heavy atom. The van der Waals surface area contributed by atoms with Gasteiger partial charge >= 0.3 is 0 Å². The molecule has 172 valence electrons. The van der Waals surface area contributed by atoms with Gasteiger partial charge in [-0.3, -0.25) is 4.79 Å². The Hall–Kier alpha value is -4.19. The lowest BCUT2D eigenvalue weighted by Crippen LogP contribution is -2.17. The summed E-state index contributed by atoms with van der Waals surface area (Å²) in [4.78, 5) is 22.2. The predicted molar refractivity (Wildman–Crippen MR) is 133 cm³/mol. The minimum atomic E-state index is -0.150. The van der Waals surface area contributed by atoms with Crippen molar-refractivity contribution in [1.29, 1.82) is 0 Å². The number of benzene rings is 3. The first-order chi connectivity index (χ1) is 16.6. The molecule has 0 fully saturated rings. The van der Waals surface area contributed by atoms with Crippen LogP contribution in [0.3, 0.4) is 0 Å². The van der Waals surface area contributed by atoms with Gasteiger partial charge in [0.25, 0.3) is 0 Å². The Balaban J connectivity index is 1.57. The van der Waals surface area contributed by atoms with E-state index in [4.69, 9.17) is 14.5 Å². The van der Waals surface area contributed by atoms with E-state index in [-0.39, 0.29) is 12.3 Å². The molecule has 1 heterocycles. The summed E-state index contributed by atoms with van der Waals surface area (Å²) < 4.78 is 10.7. The van der Waals surface area contributed by atoms with Gasteiger partial charge < -0.3 is 14.8 Å². The molecule has 0 bridgehead atoms. The highest BCUT2D eigenvalue weighted by atomic mass is 16.5. The van der Waals surface area contributed by atoms with Gasteiger partial charge in [-0.15, -0.1) is 0 Å². The molecule has 0 aliphatic rings. The second kappa shape index (κ2) is 11.1. The fourth-order valence-corrected chi connectivity index (χ4v) is 3.58. The normalized spacial score (nSPS) is 10.5. The first-order valence-corrected chi connectivity index (χ1v) is 11.2. The molecule has 0 atom stereocenters. The summed E-state index contributed by atoms with van der Waals surface area (Å²) in [7, 11) is 1.62. The average Bonchev–Trinajstić information content (AvgIpc) is 2.87. The van der Waals surface area contributed by atoms with Crippen molar-refractivity contribution in [3.63, 3.8) is 0 Å². The molecule has 0 saturated carbocycles. The zero-order valence-electron chi connectivity index (χ0n) is 19.3. The maximum atomic E-state index is 12.8. The van der Waals surface area contributed by atoms with Gasteiger partial charge in [0.15, 0.2) is 5.82 Å². The Labute approximate surface area is 199 Å². The molecule has 34 heavy (non-hydrogen) atoms. The molecule has 4 aromatic rings. The maximum Gasteiger partial charge on any atom is 0.229 e. The van der Waals surface area contributed by atoms with Crippen LogP contribution in [-0.4, -0.2) is 29.6 Å². The van der Waals surface area contributed by atoms with Gasteiger partial charge in [-0.05, 0) is 54.4 Å². The molecule has 0 saturated heterocycles. The summed E-state index contributed by atoms with van der Waals surface area (Å²) in [6.07, 6.45) is 2.47. The standard InChI is InChI=1S/C28H27N3O3/c1-3-34-24-15-11-22(12-16-24)26-19-29-28(25(30-26)17-20-7-5-4-6-8-20)31-27(32)18-21-9-13-23(33-2)14-10-21/h4-16,19H,3,17-18H2,1-2H3,(H,29,31,32). The number of ether oxygens (including phenoxy) is 2. The van der Waals surface area contributed by atoms with Crippen LogP contribution < -0.4 is 14.8 Å². The number of amides is 1. The lowest BCUT2D eigenvalue weighted by Gasteiger charge is -2.12. The third-order valence-electron chi connectivity index (χ3n) is 5.30. The predicted octanol–water partition coefficient (Wildman–Crippen LogP) is 5.32. The number of anilines is 1. The summed E-state index contributed by atoms with van der Waals surface area (Å²) in [5, 5.41) is 2.95. The van der Waals surface area contributed by atoms with Crippen molar-refractivity contribution in [2.45, 2.75) is 19.8 Å². The molecule has 0 aliphatic heterocycles. The highest BCUT2D eigenvalue weighted by molar-refractivity contribution is 5.92. The molecule has 6 heteroatoms. The summed E-state index contributed by atoms with van der Waals surface area (Å²) in [5.41, 5.74) is 4.36. The number of hydrogen-bond donors (Lipinski definition) is 1. The summed E-state index contributed by atoms with van der Waals surface area (Å²) in [6, 6.07) is 25.2. The molecule has 4 rings (SSSR count). The van der Waals surface area contributed by atoms with E-state index in [1.54, 1.807) is 13.3 Å². The van der Waals surface area contributed by atoms with E-state index in [9.17, 15) is 4.79 Å². The van der Waals surface area contributed by atoms with Crippen molar-refractivity contribution in [3.05, 3.63) is 102 Å². The third-order valence-corrected chi connectivity index (χ3v) is 5.30. The lowest BCUT2D eigenvalue weighted by atomic mass is 10.1. The van der Waals surface area contributed by atoms with E-state index < -0.39 is 0 Å². The fourth-order valence-electron chi connectivity index (χ4n) is 3.58. The highest BCUT2D eigenvalue weighted by Crippen LogP contribution is 2.24. The fraction of sp³-hybridized carbons (Fsp3) is 0.179. The first kappa shape index (κ1) is 23.0. The minimum Gasteiger partial charge on any atom is -0.497 e. The number of carbonyl (C=O) groups is 1. The molecule has 6 nitrogen and oxygen atoms in total. The van der Waals surface area contributed by atoms with Crippen LogP contribution in [0.15, 0.2) is 85.1 Å². The number of nitrogens with one attached hydrogen (secondary N) is 1. The van der Waals surface area contributed by atoms with Crippen molar-refractivity contribution < 1.29 is 14.3 Å². The molecule has 1 N–H and O–H groups in total. The van der Waals surface area contributed by atoms with E-state index >= 15 is 0 Å². The summed E-state index contributed by atoms with van der Waals surface area (Å²) in [6.45, 7) is 2.57. The summed E-state index contributed by atoms with van der Waals surface area (Å²) in [5.74, 6) is 1.89. The highest BCUT2D eigenvalue weighted by Gasteiger charge is 2.14. The molecular formula is C28H27N3O3. The van der Waals surface area contributed by atoms with Gasteiger partial charge in [-0.2, -0.15) is 0 Å². The molecule has 1 amide bonds. The zero-order valence-corrected chi connectivity index (χ0v) is 19.3. The Bertz CT molecular complexity index is 1220.